The van der Waals surface area contributed by atoms with Crippen LogP contribution >= 0.6 is 0 Å². The SMILES string of the molecule is CC(C)(C)NC(=O)CCN=C(N)NO. The van der Waals surface area contributed by atoms with Crippen molar-refractivity contribution >= 4 is 11.9 Å². The summed E-state index contributed by atoms with van der Waals surface area (Å²) in [5.41, 5.74) is 6.59. The first kappa shape index (κ1) is 12.7. The van der Waals surface area contributed by atoms with E-state index in [1.807, 2.05) is 20.8 Å². The lowest BCUT2D eigenvalue weighted by atomic mass is 10.1. The van der Waals surface area contributed by atoms with Gasteiger partial charge in [-0.15, -0.1) is 0 Å². The summed E-state index contributed by atoms with van der Waals surface area (Å²) in [4.78, 5) is 14.9. The summed E-state index contributed by atoms with van der Waals surface area (Å²) in [6.45, 7) is 5.95. The smallest absolute Gasteiger partial charge is 0.222 e. The summed E-state index contributed by atoms with van der Waals surface area (Å²) in [5.74, 6) is -0.180. The molecule has 0 aromatic heterocycles. The number of rotatable bonds is 3. The first-order chi connectivity index (χ1) is 6.35. The summed E-state index contributed by atoms with van der Waals surface area (Å²) in [6.07, 6.45) is 0.250. The number of nitrogens with zero attached hydrogens (tertiary/aromatic N) is 1. The van der Waals surface area contributed by atoms with Gasteiger partial charge >= 0.3 is 0 Å². The van der Waals surface area contributed by atoms with Crippen LogP contribution in [0.4, 0.5) is 0 Å². The van der Waals surface area contributed by atoms with Crippen molar-refractivity contribution in [3.63, 3.8) is 0 Å². The number of nitrogens with one attached hydrogen (secondary N) is 2. The molecular weight excluding hydrogens is 184 g/mol. The van der Waals surface area contributed by atoms with Crippen molar-refractivity contribution in [2.24, 2.45) is 10.7 Å². The van der Waals surface area contributed by atoms with Gasteiger partial charge in [-0.2, -0.15) is 0 Å². The molecule has 0 atom stereocenters. The number of nitrogens with two attached hydrogens (primary N) is 1. The van der Waals surface area contributed by atoms with Gasteiger partial charge in [-0.25, -0.2) is 5.48 Å². The number of hydroxylamine groups is 1. The molecule has 0 heterocycles. The highest BCUT2D eigenvalue weighted by molar-refractivity contribution is 5.79. The Labute approximate surface area is 83.5 Å². The Morgan fingerprint density at radius 3 is 2.50 bits per heavy atom. The van der Waals surface area contributed by atoms with Gasteiger partial charge in [0.2, 0.25) is 11.9 Å². The average Bonchev–Trinajstić information content (AvgIpc) is 2.00. The highest BCUT2D eigenvalue weighted by Gasteiger charge is 2.12. The molecule has 0 aliphatic carbocycles. The van der Waals surface area contributed by atoms with E-state index in [0.29, 0.717) is 0 Å². The van der Waals surface area contributed by atoms with Gasteiger partial charge in [0.15, 0.2) is 0 Å². The van der Waals surface area contributed by atoms with Gasteiger partial charge in [0.25, 0.3) is 0 Å². The van der Waals surface area contributed by atoms with Gasteiger partial charge in [-0.1, -0.05) is 0 Å². The number of aliphatic imine (C=N–C) groups is 1. The number of guanidine groups is 1. The highest BCUT2D eigenvalue weighted by atomic mass is 16.5. The largest absolute Gasteiger partial charge is 0.368 e. The van der Waals surface area contributed by atoms with Crippen molar-refractivity contribution in [2.75, 3.05) is 6.54 Å². The first-order valence-corrected chi connectivity index (χ1v) is 4.36. The summed E-state index contributed by atoms with van der Waals surface area (Å²) in [5, 5.41) is 11.1. The van der Waals surface area contributed by atoms with Gasteiger partial charge in [-0.05, 0) is 20.8 Å². The number of amides is 1. The fraction of sp³-hybridized carbons (Fsp3) is 0.750. The fourth-order valence-corrected chi connectivity index (χ4v) is 0.794. The number of hydrogen-bond acceptors (Lipinski definition) is 3. The summed E-state index contributed by atoms with van der Waals surface area (Å²) >= 11 is 0. The maximum Gasteiger partial charge on any atom is 0.222 e. The van der Waals surface area contributed by atoms with Crippen molar-refractivity contribution in [3.05, 3.63) is 0 Å². The molecular formula is C8H18N4O2. The van der Waals surface area contributed by atoms with Gasteiger partial charge in [0.05, 0.1) is 6.54 Å². The maximum absolute atomic E-state index is 11.2. The third kappa shape index (κ3) is 7.35. The summed E-state index contributed by atoms with van der Waals surface area (Å²) in [7, 11) is 0. The van der Waals surface area contributed by atoms with Gasteiger partial charge in [0, 0.05) is 12.0 Å². The zero-order valence-electron chi connectivity index (χ0n) is 8.79. The predicted molar refractivity (Wildman–Crippen MR) is 53.9 cm³/mol. The van der Waals surface area contributed by atoms with E-state index in [-0.39, 0.29) is 30.4 Å². The van der Waals surface area contributed by atoms with Gasteiger partial charge in [0.1, 0.15) is 0 Å². The Morgan fingerprint density at radius 1 is 1.50 bits per heavy atom. The predicted octanol–water partition coefficient (Wildman–Crippen LogP) is -0.415. The Morgan fingerprint density at radius 2 is 2.07 bits per heavy atom. The van der Waals surface area contributed by atoms with Crippen LogP contribution < -0.4 is 16.5 Å². The van der Waals surface area contributed by atoms with Crippen LogP contribution in [-0.4, -0.2) is 29.2 Å². The van der Waals surface area contributed by atoms with Crippen LogP contribution in [-0.2, 0) is 4.79 Å². The maximum atomic E-state index is 11.2. The Hall–Kier alpha value is -1.30. The second kappa shape index (κ2) is 5.43. The van der Waals surface area contributed by atoms with Crippen LogP contribution in [0, 0.1) is 0 Å². The van der Waals surface area contributed by atoms with Crippen molar-refractivity contribution in [2.45, 2.75) is 32.7 Å². The number of carbonyl (C=O) groups excluding carboxylic acids is 1. The second-order valence-corrected chi connectivity index (χ2v) is 3.93. The molecule has 5 N–H and O–H groups in total. The quantitative estimate of drug-likeness (QED) is 0.284. The molecule has 0 unspecified atom stereocenters. The normalized spacial score (nSPS) is 12.4. The second-order valence-electron chi connectivity index (χ2n) is 3.93. The van der Waals surface area contributed by atoms with Gasteiger partial charge < -0.3 is 11.1 Å². The molecule has 0 aliphatic rings. The lowest BCUT2D eigenvalue weighted by Gasteiger charge is -2.20. The minimum Gasteiger partial charge on any atom is -0.368 e. The zero-order chi connectivity index (χ0) is 11.2. The lowest BCUT2D eigenvalue weighted by molar-refractivity contribution is -0.122. The molecule has 0 aliphatic heterocycles. The Bertz CT molecular complexity index is 220. The molecule has 82 valence electrons. The van der Waals surface area contributed by atoms with Crippen molar-refractivity contribution in [1.82, 2.24) is 10.8 Å². The highest BCUT2D eigenvalue weighted by Crippen LogP contribution is 1.98. The Kier molecular flexibility index (Phi) is 4.93. The molecule has 0 aromatic rings. The molecule has 14 heavy (non-hydrogen) atoms. The van der Waals surface area contributed by atoms with E-state index in [2.05, 4.69) is 10.3 Å². The number of carbonyl (C=O) groups is 1. The molecule has 0 fully saturated rings. The van der Waals surface area contributed by atoms with E-state index in [0.717, 1.165) is 0 Å². The monoisotopic (exact) mass is 202 g/mol. The van der Waals surface area contributed by atoms with E-state index in [9.17, 15) is 4.79 Å². The summed E-state index contributed by atoms with van der Waals surface area (Å²) < 4.78 is 0. The molecule has 6 heteroatoms. The van der Waals surface area contributed by atoms with Crippen molar-refractivity contribution in [3.8, 4) is 0 Å². The van der Waals surface area contributed by atoms with Crippen LogP contribution in [0.15, 0.2) is 4.99 Å². The molecule has 0 saturated heterocycles. The molecule has 0 bridgehead atoms. The third-order valence-corrected chi connectivity index (χ3v) is 1.25. The molecule has 0 aromatic carbocycles. The first-order valence-electron chi connectivity index (χ1n) is 4.36. The third-order valence-electron chi connectivity index (χ3n) is 1.25. The lowest BCUT2D eigenvalue weighted by Crippen LogP contribution is -2.40. The van der Waals surface area contributed by atoms with E-state index in [1.54, 1.807) is 5.48 Å². The molecule has 0 radical (unpaired) electrons. The minimum absolute atomic E-state index is 0.0893. The molecule has 0 rings (SSSR count). The van der Waals surface area contributed by atoms with Crippen molar-refractivity contribution in [1.29, 1.82) is 0 Å². The van der Waals surface area contributed by atoms with E-state index in [1.165, 1.54) is 0 Å². The van der Waals surface area contributed by atoms with E-state index < -0.39 is 0 Å². The van der Waals surface area contributed by atoms with Crippen LogP contribution in [0.5, 0.6) is 0 Å². The van der Waals surface area contributed by atoms with Crippen LogP contribution in [0.1, 0.15) is 27.2 Å². The van der Waals surface area contributed by atoms with Crippen LogP contribution in [0.3, 0.4) is 0 Å². The van der Waals surface area contributed by atoms with Crippen LogP contribution in [0.2, 0.25) is 0 Å². The fourth-order valence-electron chi connectivity index (χ4n) is 0.794. The Balaban J connectivity index is 3.76. The molecule has 1 amide bonds. The average molecular weight is 202 g/mol. The number of hydrogen-bond donors (Lipinski definition) is 4. The van der Waals surface area contributed by atoms with Crippen molar-refractivity contribution < 1.29 is 10.0 Å². The topological polar surface area (TPSA) is 99.7 Å². The minimum atomic E-state index is -0.235. The molecule has 0 saturated carbocycles. The zero-order valence-corrected chi connectivity index (χ0v) is 8.79. The van der Waals surface area contributed by atoms with Crippen LogP contribution in [0.25, 0.3) is 0 Å². The van der Waals surface area contributed by atoms with E-state index >= 15 is 0 Å². The molecule has 6 nitrogen and oxygen atoms in total. The standard InChI is InChI=1S/C8H18N4O2/c1-8(2,3)11-6(13)4-5-10-7(9)12-14/h14H,4-5H2,1-3H3,(H,11,13)(H3,9,10,12). The molecule has 0 spiro atoms. The van der Waals surface area contributed by atoms with E-state index in [4.69, 9.17) is 10.9 Å². The summed E-state index contributed by atoms with van der Waals surface area (Å²) in [6, 6.07) is 0. The van der Waals surface area contributed by atoms with Gasteiger partial charge in [-0.3, -0.25) is 15.0 Å².